The van der Waals surface area contributed by atoms with Gasteiger partial charge in [-0.25, -0.2) is 4.39 Å². The number of methoxy groups -OCH3 is 2. The molecule has 0 radical (unpaired) electrons. The molecule has 196 valence electrons. The Hall–Kier alpha value is -4.04. The van der Waals surface area contributed by atoms with Crippen LogP contribution in [-0.4, -0.2) is 24.7 Å². The average Bonchev–Trinajstić information content (AvgIpc) is 3.68. The molecule has 1 fully saturated rings. The minimum absolute atomic E-state index is 0.0120. The van der Waals surface area contributed by atoms with Crippen molar-refractivity contribution in [3.8, 4) is 22.6 Å². The number of carbonyl (C=O) groups is 1. The molecule has 9 heteroatoms. The van der Waals surface area contributed by atoms with Crippen molar-refractivity contribution < 1.29 is 23.1 Å². The molecule has 2 N–H and O–H groups in total. The highest BCUT2D eigenvalue weighted by atomic mass is 35.5. The van der Waals surface area contributed by atoms with E-state index >= 15 is 0 Å². The molecule has 0 saturated heterocycles. The Kier molecular flexibility index (Phi) is 7.24. The van der Waals surface area contributed by atoms with Crippen LogP contribution in [0, 0.1) is 17.1 Å². The first-order valence-electron chi connectivity index (χ1n) is 12.2. The summed E-state index contributed by atoms with van der Waals surface area (Å²) in [6.07, 6.45) is 5.09. The van der Waals surface area contributed by atoms with Gasteiger partial charge >= 0.3 is 0 Å². The molecule has 1 atom stereocenters. The lowest BCUT2D eigenvalue weighted by molar-refractivity contribution is 0.0931. The van der Waals surface area contributed by atoms with Crippen molar-refractivity contribution in [2.24, 2.45) is 5.92 Å². The van der Waals surface area contributed by atoms with Crippen LogP contribution in [0.2, 0.25) is 5.02 Å². The number of nitrogens with one attached hydrogen (secondary N) is 2. The second-order valence-corrected chi connectivity index (χ2v) is 9.72. The van der Waals surface area contributed by atoms with Gasteiger partial charge in [0, 0.05) is 23.4 Å². The molecule has 7 nitrogen and oxygen atoms in total. The van der Waals surface area contributed by atoms with Crippen LogP contribution >= 0.6 is 11.6 Å². The van der Waals surface area contributed by atoms with Crippen molar-refractivity contribution in [3.05, 3.63) is 100 Å². The van der Waals surface area contributed by atoms with E-state index in [0.717, 1.165) is 24.0 Å². The summed E-state index contributed by atoms with van der Waals surface area (Å²) in [5, 5.41) is 11.4. The van der Waals surface area contributed by atoms with Crippen LogP contribution in [0.5, 0.6) is 11.5 Å². The molecule has 3 aromatic carbocycles. The second-order valence-electron chi connectivity index (χ2n) is 9.31. The van der Waals surface area contributed by atoms with Gasteiger partial charge in [0.05, 0.1) is 31.8 Å². The highest BCUT2D eigenvalue weighted by molar-refractivity contribution is 6.33. The van der Waals surface area contributed by atoms with Crippen LogP contribution in [0.25, 0.3) is 11.1 Å². The Labute approximate surface area is 224 Å². The predicted molar refractivity (Wildman–Crippen MR) is 141 cm³/mol. The zero-order valence-corrected chi connectivity index (χ0v) is 21.7. The number of aromatic nitrogens is 1. The number of oxazole rings is 1. The van der Waals surface area contributed by atoms with Gasteiger partial charge in [0.1, 0.15) is 23.6 Å². The van der Waals surface area contributed by atoms with Crippen LogP contribution in [-0.2, 0) is 6.54 Å². The van der Waals surface area contributed by atoms with Gasteiger partial charge in [0.25, 0.3) is 11.6 Å². The van der Waals surface area contributed by atoms with Crippen LogP contribution in [0.15, 0.2) is 71.5 Å². The maximum absolute atomic E-state index is 13.7. The van der Waals surface area contributed by atoms with Gasteiger partial charge in [-0.1, -0.05) is 11.6 Å². The number of hydrogen-bond donors (Lipinski definition) is 2. The maximum Gasteiger partial charge on any atom is 0.293 e. The van der Waals surface area contributed by atoms with Gasteiger partial charge in [0.15, 0.2) is 0 Å². The topological polar surface area (TPSA) is 89.5 Å². The van der Waals surface area contributed by atoms with Crippen molar-refractivity contribution in [2.45, 2.75) is 25.4 Å². The largest absolute Gasteiger partial charge is 0.497 e. The quantitative estimate of drug-likeness (QED) is 0.276. The predicted octanol–water partition coefficient (Wildman–Crippen LogP) is 5.97. The van der Waals surface area contributed by atoms with Crippen LogP contribution in [0.4, 0.5) is 4.39 Å². The number of ether oxygens (including phenoxy) is 2. The van der Waals surface area contributed by atoms with E-state index in [2.05, 4.69) is 5.32 Å². The third kappa shape index (κ3) is 5.60. The zero-order chi connectivity index (χ0) is 26.8. The molecule has 1 saturated carbocycles. The molecule has 5 rings (SSSR count). The summed E-state index contributed by atoms with van der Waals surface area (Å²) in [5.41, 5.74) is 3.35. The molecule has 1 heterocycles. The summed E-state index contributed by atoms with van der Waals surface area (Å²) in [6.45, 7) is 0.307. The molecular weight excluding hydrogens is 509 g/mol. The number of amides is 1. The van der Waals surface area contributed by atoms with Crippen molar-refractivity contribution in [3.63, 3.8) is 0 Å². The number of halogens is 2. The standard InChI is InChI=1S/C29H27ClFN3O4/c1-36-23-12-20(13-24(15-23)37-2)27(18-3-4-18)33-28(35)21-10-17(16-34-7-8-38-29(34)32)9-19(11-21)25-6-5-22(31)14-26(25)30/h5-15,18,27,32H,3-4,16H2,1-2H3,(H,33,35)/t27-/m0/s1. The van der Waals surface area contributed by atoms with Gasteiger partial charge in [-0.15, -0.1) is 0 Å². The fourth-order valence-corrected chi connectivity index (χ4v) is 4.83. The van der Waals surface area contributed by atoms with Crippen molar-refractivity contribution >= 4 is 17.5 Å². The van der Waals surface area contributed by atoms with E-state index in [1.54, 1.807) is 49.2 Å². The van der Waals surface area contributed by atoms with E-state index in [4.69, 9.17) is 30.9 Å². The van der Waals surface area contributed by atoms with E-state index in [-0.39, 0.29) is 22.7 Å². The zero-order valence-electron chi connectivity index (χ0n) is 21.0. The SMILES string of the molecule is COc1cc(OC)cc([C@@H](NC(=O)c2cc(Cn3ccoc3=N)cc(-c3ccc(F)cc3Cl)c2)C2CC2)c1. The Bertz CT molecular complexity index is 1520. The first-order chi connectivity index (χ1) is 18.3. The van der Waals surface area contributed by atoms with Crippen molar-refractivity contribution in [1.29, 1.82) is 5.41 Å². The lowest BCUT2D eigenvalue weighted by atomic mass is 9.97. The molecule has 1 amide bonds. The summed E-state index contributed by atoms with van der Waals surface area (Å²) in [5.74, 6) is 0.905. The first-order valence-corrected chi connectivity index (χ1v) is 12.5. The average molecular weight is 536 g/mol. The summed E-state index contributed by atoms with van der Waals surface area (Å²) >= 11 is 6.37. The maximum atomic E-state index is 13.7. The van der Waals surface area contributed by atoms with E-state index in [1.807, 2.05) is 18.2 Å². The van der Waals surface area contributed by atoms with Gasteiger partial charge in [-0.05, 0) is 84.0 Å². The molecule has 38 heavy (non-hydrogen) atoms. The van der Waals surface area contributed by atoms with E-state index < -0.39 is 5.82 Å². The third-order valence-corrected chi connectivity index (χ3v) is 6.96. The van der Waals surface area contributed by atoms with Crippen LogP contribution < -0.4 is 20.5 Å². The Balaban J connectivity index is 1.52. The molecule has 1 aliphatic rings. The summed E-state index contributed by atoms with van der Waals surface area (Å²) < 4.78 is 31.3. The summed E-state index contributed by atoms with van der Waals surface area (Å²) in [6, 6.07) is 15.0. The molecule has 0 bridgehead atoms. The summed E-state index contributed by atoms with van der Waals surface area (Å²) in [4.78, 5) is 13.7. The molecule has 4 aromatic rings. The minimum atomic E-state index is -0.443. The van der Waals surface area contributed by atoms with E-state index in [1.165, 1.54) is 18.4 Å². The number of carbonyl (C=O) groups excluding carboxylic acids is 1. The molecule has 1 aliphatic carbocycles. The highest BCUT2D eigenvalue weighted by Crippen LogP contribution is 2.43. The second kappa shape index (κ2) is 10.8. The minimum Gasteiger partial charge on any atom is -0.497 e. The van der Waals surface area contributed by atoms with E-state index in [9.17, 15) is 9.18 Å². The Morgan fingerprint density at radius 3 is 2.47 bits per heavy atom. The lowest BCUT2D eigenvalue weighted by Crippen LogP contribution is -2.30. The smallest absolute Gasteiger partial charge is 0.293 e. The third-order valence-electron chi connectivity index (χ3n) is 6.64. The van der Waals surface area contributed by atoms with Gasteiger partial charge in [0.2, 0.25) is 0 Å². The molecule has 1 aromatic heterocycles. The lowest BCUT2D eigenvalue weighted by Gasteiger charge is -2.21. The van der Waals surface area contributed by atoms with Crippen molar-refractivity contribution in [2.75, 3.05) is 14.2 Å². The summed E-state index contributed by atoms with van der Waals surface area (Å²) in [7, 11) is 3.19. The number of rotatable bonds is 9. The van der Waals surface area contributed by atoms with Crippen LogP contribution in [0.1, 0.15) is 40.4 Å². The Morgan fingerprint density at radius 2 is 1.87 bits per heavy atom. The normalized spacial score (nSPS) is 13.7. The van der Waals surface area contributed by atoms with Gasteiger partial charge in [-0.3, -0.25) is 14.8 Å². The Morgan fingerprint density at radius 1 is 1.13 bits per heavy atom. The monoisotopic (exact) mass is 535 g/mol. The number of benzene rings is 3. The van der Waals surface area contributed by atoms with E-state index in [0.29, 0.717) is 40.7 Å². The van der Waals surface area contributed by atoms with Crippen molar-refractivity contribution in [1.82, 2.24) is 9.88 Å². The number of hydrogen-bond acceptors (Lipinski definition) is 5. The van der Waals surface area contributed by atoms with Gasteiger partial charge < -0.3 is 19.2 Å². The highest BCUT2D eigenvalue weighted by Gasteiger charge is 2.34. The van der Waals surface area contributed by atoms with Gasteiger partial charge in [-0.2, -0.15) is 0 Å². The first kappa shape index (κ1) is 25.6. The molecule has 0 aliphatic heterocycles. The fraction of sp³-hybridized carbons (Fsp3) is 0.241. The molecule has 0 spiro atoms. The fourth-order valence-electron chi connectivity index (χ4n) is 4.55. The number of nitrogens with zero attached hydrogens (tertiary/aromatic N) is 1. The molecular formula is C29H27ClFN3O4. The van der Waals surface area contributed by atoms with Crippen LogP contribution in [0.3, 0.4) is 0 Å². The molecule has 0 unspecified atom stereocenters.